The molecular formula is C16H16N2O2. The van der Waals surface area contributed by atoms with E-state index in [1.165, 1.54) is 0 Å². The van der Waals surface area contributed by atoms with E-state index < -0.39 is 5.97 Å². The Morgan fingerprint density at radius 3 is 2.55 bits per heavy atom. The number of pyridine rings is 1. The lowest BCUT2D eigenvalue weighted by Gasteiger charge is -2.05. The maximum absolute atomic E-state index is 11.4. The van der Waals surface area contributed by atoms with E-state index >= 15 is 0 Å². The van der Waals surface area contributed by atoms with Crippen LogP contribution in [0.25, 0.3) is 6.08 Å². The molecule has 20 heavy (non-hydrogen) atoms. The van der Waals surface area contributed by atoms with Crippen LogP contribution in [0.15, 0.2) is 48.0 Å². The van der Waals surface area contributed by atoms with Crippen LogP contribution in [-0.2, 0) is 11.2 Å². The van der Waals surface area contributed by atoms with Gasteiger partial charge in [0, 0.05) is 17.7 Å². The highest BCUT2D eigenvalue weighted by Crippen LogP contribution is 2.16. The Labute approximate surface area is 117 Å². The van der Waals surface area contributed by atoms with Crippen LogP contribution < -0.4 is 5.73 Å². The molecule has 0 aliphatic heterocycles. The number of aromatic nitrogens is 1. The second-order valence-electron chi connectivity index (χ2n) is 4.55. The van der Waals surface area contributed by atoms with Gasteiger partial charge in [-0.3, -0.25) is 0 Å². The number of nitrogens with zero attached hydrogens (tertiary/aromatic N) is 1. The summed E-state index contributed by atoms with van der Waals surface area (Å²) >= 11 is 0. The summed E-state index contributed by atoms with van der Waals surface area (Å²) in [6.07, 6.45) is 2.02. The van der Waals surface area contributed by atoms with Gasteiger partial charge in [0.25, 0.3) is 0 Å². The second-order valence-corrected chi connectivity index (χ2v) is 4.55. The molecule has 1 aromatic heterocycles. The average Bonchev–Trinajstić information content (AvgIpc) is 2.42. The molecule has 0 spiro atoms. The number of carboxylic acid groups (broad SMARTS) is 1. The molecule has 0 aliphatic carbocycles. The van der Waals surface area contributed by atoms with Crippen LogP contribution in [0.2, 0.25) is 0 Å². The smallest absolute Gasteiger partial charge is 0.331 e. The summed E-state index contributed by atoms with van der Waals surface area (Å²) in [6, 6.07) is 13.0. The molecule has 102 valence electrons. The molecule has 2 rings (SSSR count). The molecule has 0 saturated carbocycles. The van der Waals surface area contributed by atoms with Gasteiger partial charge in [-0.15, -0.1) is 0 Å². The average molecular weight is 268 g/mol. The predicted molar refractivity (Wildman–Crippen MR) is 79.1 cm³/mol. The van der Waals surface area contributed by atoms with Crippen molar-refractivity contribution in [1.82, 2.24) is 4.98 Å². The first-order valence-corrected chi connectivity index (χ1v) is 6.27. The van der Waals surface area contributed by atoms with Crippen LogP contribution in [0.1, 0.15) is 16.8 Å². The van der Waals surface area contributed by atoms with Crippen molar-refractivity contribution in [3.63, 3.8) is 0 Å². The number of anilines is 1. The quantitative estimate of drug-likeness (QED) is 0.836. The second kappa shape index (κ2) is 6.02. The number of carboxylic acids is 1. The van der Waals surface area contributed by atoms with Gasteiger partial charge in [-0.05, 0) is 36.3 Å². The minimum Gasteiger partial charge on any atom is -0.478 e. The van der Waals surface area contributed by atoms with Gasteiger partial charge in [-0.25, -0.2) is 9.78 Å². The van der Waals surface area contributed by atoms with Crippen LogP contribution in [-0.4, -0.2) is 16.1 Å². The third kappa shape index (κ3) is 3.45. The number of nitrogens with two attached hydrogens (primary N) is 1. The molecule has 4 heteroatoms. The van der Waals surface area contributed by atoms with Crippen molar-refractivity contribution in [2.24, 2.45) is 0 Å². The van der Waals surface area contributed by atoms with Gasteiger partial charge >= 0.3 is 5.97 Å². The van der Waals surface area contributed by atoms with E-state index in [0.29, 0.717) is 17.8 Å². The first-order chi connectivity index (χ1) is 9.56. The summed E-state index contributed by atoms with van der Waals surface area (Å²) in [5, 5.41) is 9.33. The highest BCUT2D eigenvalue weighted by atomic mass is 16.4. The molecule has 1 heterocycles. The Bertz CT molecular complexity index is 649. The molecule has 0 radical (unpaired) electrons. The van der Waals surface area contributed by atoms with E-state index in [-0.39, 0.29) is 0 Å². The van der Waals surface area contributed by atoms with E-state index in [9.17, 15) is 9.90 Å². The minimum atomic E-state index is -0.926. The zero-order valence-electron chi connectivity index (χ0n) is 11.2. The summed E-state index contributed by atoms with van der Waals surface area (Å²) in [6.45, 7) is 1.81. The molecule has 0 bridgehead atoms. The molecule has 0 saturated heterocycles. The monoisotopic (exact) mass is 268 g/mol. The van der Waals surface area contributed by atoms with Gasteiger partial charge in [0.15, 0.2) is 0 Å². The summed E-state index contributed by atoms with van der Waals surface area (Å²) in [5.41, 5.74) is 8.37. The number of nitrogen functional groups attached to an aromatic ring is 1. The molecule has 4 nitrogen and oxygen atoms in total. The fraction of sp³-hybridized carbons (Fsp3) is 0.125. The molecule has 0 aliphatic rings. The highest BCUT2D eigenvalue weighted by Gasteiger charge is 2.09. The van der Waals surface area contributed by atoms with E-state index in [2.05, 4.69) is 4.98 Å². The number of carbonyl (C=O) groups is 1. The molecule has 2 aromatic rings. The minimum absolute atomic E-state index is 0.325. The van der Waals surface area contributed by atoms with Crippen LogP contribution in [0, 0.1) is 6.92 Å². The first kappa shape index (κ1) is 13.8. The van der Waals surface area contributed by atoms with E-state index in [4.69, 9.17) is 5.73 Å². The van der Waals surface area contributed by atoms with E-state index in [1.54, 1.807) is 18.2 Å². The van der Waals surface area contributed by atoms with E-state index in [0.717, 1.165) is 16.8 Å². The lowest BCUT2D eigenvalue weighted by Crippen LogP contribution is -2.04. The Morgan fingerprint density at radius 2 is 1.95 bits per heavy atom. The van der Waals surface area contributed by atoms with Gasteiger partial charge < -0.3 is 10.8 Å². The third-order valence-corrected chi connectivity index (χ3v) is 2.99. The standard InChI is InChI=1S/C16H16N2O2/c1-11-13(7-8-15(17)18-11)10-14(16(19)20)9-12-5-3-2-4-6-12/h2-8,10H,9H2,1H3,(H2,17,18)(H,19,20). The van der Waals surface area contributed by atoms with Crippen molar-refractivity contribution in [1.29, 1.82) is 0 Å². The molecule has 0 unspecified atom stereocenters. The van der Waals surface area contributed by atoms with Crippen molar-refractivity contribution in [2.75, 3.05) is 5.73 Å². The Morgan fingerprint density at radius 1 is 1.25 bits per heavy atom. The molecule has 0 atom stereocenters. The zero-order chi connectivity index (χ0) is 14.5. The number of benzene rings is 1. The number of hydrogen-bond donors (Lipinski definition) is 2. The Balaban J connectivity index is 2.33. The lowest BCUT2D eigenvalue weighted by molar-refractivity contribution is -0.132. The van der Waals surface area contributed by atoms with Gasteiger partial charge in [0.2, 0.25) is 0 Å². The topological polar surface area (TPSA) is 76.2 Å². The van der Waals surface area contributed by atoms with E-state index in [1.807, 2.05) is 37.3 Å². The normalized spacial score (nSPS) is 11.3. The highest BCUT2D eigenvalue weighted by molar-refractivity contribution is 5.92. The Hall–Kier alpha value is -2.62. The van der Waals surface area contributed by atoms with Crippen molar-refractivity contribution in [3.05, 3.63) is 64.9 Å². The third-order valence-electron chi connectivity index (χ3n) is 2.99. The summed E-state index contributed by atoms with van der Waals surface area (Å²) in [4.78, 5) is 15.5. The molecule has 3 N–H and O–H groups in total. The lowest BCUT2D eigenvalue weighted by atomic mass is 10.0. The van der Waals surface area contributed by atoms with Gasteiger partial charge in [-0.1, -0.05) is 30.3 Å². The molecule has 1 aromatic carbocycles. The van der Waals surface area contributed by atoms with Crippen molar-refractivity contribution in [2.45, 2.75) is 13.3 Å². The number of rotatable bonds is 4. The van der Waals surface area contributed by atoms with Crippen LogP contribution >= 0.6 is 0 Å². The predicted octanol–water partition coefficient (Wildman–Crippen LogP) is 2.68. The van der Waals surface area contributed by atoms with Crippen LogP contribution in [0.5, 0.6) is 0 Å². The fourth-order valence-corrected chi connectivity index (χ4v) is 1.94. The molecule has 0 fully saturated rings. The number of aliphatic carboxylic acids is 1. The summed E-state index contributed by atoms with van der Waals surface area (Å²) in [5.74, 6) is -0.496. The zero-order valence-corrected chi connectivity index (χ0v) is 11.2. The van der Waals surface area contributed by atoms with Gasteiger partial charge in [0.05, 0.1) is 0 Å². The number of aryl methyl sites for hydroxylation is 1. The van der Waals surface area contributed by atoms with Crippen molar-refractivity contribution in [3.8, 4) is 0 Å². The Kier molecular flexibility index (Phi) is 4.15. The largest absolute Gasteiger partial charge is 0.478 e. The van der Waals surface area contributed by atoms with Crippen molar-refractivity contribution < 1.29 is 9.90 Å². The maximum Gasteiger partial charge on any atom is 0.331 e. The fourth-order valence-electron chi connectivity index (χ4n) is 1.94. The summed E-state index contributed by atoms with van der Waals surface area (Å²) in [7, 11) is 0. The first-order valence-electron chi connectivity index (χ1n) is 6.27. The maximum atomic E-state index is 11.4. The van der Waals surface area contributed by atoms with Crippen LogP contribution in [0.3, 0.4) is 0 Å². The summed E-state index contributed by atoms with van der Waals surface area (Å²) < 4.78 is 0. The molecular weight excluding hydrogens is 252 g/mol. The van der Waals surface area contributed by atoms with Crippen LogP contribution in [0.4, 0.5) is 5.82 Å². The van der Waals surface area contributed by atoms with Crippen molar-refractivity contribution >= 4 is 17.9 Å². The SMILES string of the molecule is Cc1nc(N)ccc1C=C(Cc1ccccc1)C(=O)O. The molecule has 0 amide bonds. The number of hydrogen-bond acceptors (Lipinski definition) is 3. The van der Waals surface area contributed by atoms with Gasteiger partial charge in [0.1, 0.15) is 5.82 Å². The van der Waals surface area contributed by atoms with Gasteiger partial charge in [-0.2, -0.15) is 0 Å².